The molecule has 16 heavy (non-hydrogen) atoms. The number of rotatable bonds is 6. The standard InChI is InChI=1S/C12H27NO3/c1-7(2)10(14)13(11(15)8(3)4)12(16)9(5)6/h7-12,14-16H,1-6H3. The maximum atomic E-state index is 10.0. The Balaban J connectivity index is 4.89. The molecule has 4 heteroatoms. The quantitative estimate of drug-likeness (QED) is 0.603. The minimum atomic E-state index is -0.838. The maximum absolute atomic E-state index is 10.0. The summed E-state index contributed by atoms with van der Waals surface area (Å²) in [6.45, 7) is 11.2. The fourth-order valence-electron chi connectivity index (χ4n) is 1.50. The van der Waals surface area contributed by atoms with Gasteiger partial charge in [-0.15, -0.1) is 0 Å². The minimum absolute atomic E-state index is 0.0400. The van der Waals surface area contributed by atoms with E-state index in [1.165, 1.54) is 4.90 Å². The van der Waals surface area contributed by atoms with E-state index in [-0.39, 0.29) is 17.8 Å². The summed E-state index contributed by atoms with van der Waals surface area (Å²) < 4.78 is 0. The van der Waals surface area contributed by atoms with Crippen molar-refractivity contribution in [1.29, 1.82) is 0 Å². The molecule has 0 amide bonds. The Bertz CT molecular complexity index is 161. The molecule has 3 unspecified atom stereocenters. The number of aliphatic hydroxyl groups excluding tert-OH is 3. The van der Waals surface area contributed by atoms with Crippen LogP contribution in [0.2, 0.25) is 0 Å². The second kappa shape index (κ2) is 6.55. The average Bonchev–Trinajstić information content (AvgIpc) is 2.16. The zero-order valence-electron chi connectivity index (χ0n) is 11.3. The van der Waals surface area contributed by atoms with Gasteiger partial charge >= 0.3 is 0 Å². The van der Waals surface area contributed by atoms with Crippen molar-refractivity contribution >= 4 is 0 Å². The van der Waals surface area contributed by atoms with Gasteiger partial charge < -0.3 is 15.3 Å². The van der Waals surface area contributed by atoms with E-state index in [1.54, 1.807) is 0 Å². The molecule has 0 aromatic heterocycles. The molecule has 0 spiro atoms. The van der Waals surface area contributed by atoms with Crippen LogP contribution < -0.4 is 0 Å². The molecule has 3 N–H and O–H groups in total. The first-order valence-corrected chi connectivity index (χ1v) is 6.01. The summed E-state index contributed by atoms with van der Waals surface area (Å²) in [7, 11) is 0. The Morgan fingerprint density at radius 1 is 0.562 bits per heavy atom. The maximum Gasteiger partial charge on any atom is 0.113 e. The van der Waals surface area contributed by atoms with E-state index in [1.807, 2.05) is 41.5 Å². The smallest absolute Gasteiger partial charge is 0.113 e. The molecule has 0 radical (unpaired) electrons. The molecule has 0 saturated carbocycles. The molecule has 0 aromatic rings. The van der Waals surface area contributed by atoms with Crippen LogP contribution in [0.1, 0.15) is 41.5 Å². The molecule has 0 rings (SSSR count). The topological polar surface area (TPSA) is 63.9 Å². The SMILES string of the molecule is CC(C)C(O)N(C(O)C(C)C)C(O)C(C)C. The number of nitrogens with zero attached hydrogens (tertiary/aromatic N) is 1. The summed E-state index contributed by atoms with van der Waals surface area (Å²) in [5, 5.41) is 30.1. The highest BCUT2D eigenvalue weighted by Crippen LogP contribution is 2.21. The number of hydrogen-bond donors (Lipinski definition) is 3. The van der Waals surface area contributed by atoms with E-state index < -0.39 is 18.7 Å². The van der Waals surface area contributed by atoms with Crippen molar-refractivity contribution in [2.75, 3.05) is 0 Å². The first-order chi connectivity index (χ1) is 7.20. The first-order valence-electron chi connectivity index (χ1n) is 6.01. The van der Waals surface area contributed by atoms with Gasteiger partial charge in [0.25, 0.3) is 0 Å². The van der Waals surface area contributed by atoms with Gasteiger partial charge in [-0.25, -0.2) is 4.90 Å². The van der Waals surface area contributed by atoms with Crippen LogP contribution in [0.25, 0.3) is 0 Å². The summed E-state index contributed by atoms with van der Waals surface area (Å²) >= 11 is 0. The van der Waals surface area contributed by atoms with Crippen LogP contribution >= 0.6 is 0 Å². The largest absolute Gasteiger partial charge is 0.378 e. The normalized spacial score (nSPS) is 18.6. The Hall–Kier alpha value is -0.160. The predicted molar refractivity (Wildman–Crippen MR) is 64.4 cm³/mol. The van der Waals surface area contributed by atoms with Gasteiger partial charge in [0.1, 0.15) is 18.7 Å². The first kappa shape index (κ1) is 15.8. The van der Waals surface area contributed by atoms with E-state index in [0.29, 0.717) is 0 Å². The fourth-order valence-corrected chi connectivity index (χ4v) is 1.50. The molecule has 0 fully saturated rings. The third-order valence-corrected chi connectivity index (χ3v) is 2.71. The molecule has 0 aliphatic carbocycles. The molecule has 98 valence electrons. The Kier molecular flexibility index (Phi) is 6.48. The van der Waals surface area contributed by atoms with Crippen LogP contribution in [0.4, 0.5) is 0 Å². The van der Waals surface area contributed by atoms with Gasteiger partial charge in [-0.05, 0) is 17.8 Å². The highest BCUT2D eigenvalue weighted by atomic mass is 16.4. The lowest BCUT2D eigenvalue weighted by Crippen LogP contribution is -2.55. The van der Waals surface area contributed by atoms with Gasteiger partial charge in [0.2, 0.25) is 0 Å². The third-order valence-electron chi connectivity index (χ3n) is 2.71. The van der Waals surface area contributed by atoms with Gasteiger partial charge in [-0.2, -0.15) is 0 Å². The van der Waals surface area contributed by atoms with E-state index in [0.717, 1.165) is 0 Å². The Morgan fingerprint density at radius 3 is 0.875 bits per heavy atom. The molecule has 0 heterocycles. The second-order valence-electron chi connectivity index (χ2n) is 5.42. The average molecular weight is 233 g/mol. The zero-order valence-corrected chi connectivity index (χ0v) is 11.3. The Labute approximate surface area is 98.9 Å². The van der Waals surface area contributed by atoms with Crippen molar-refractivity contribution in [3.63, 3.8) is 0 Å². The van der Waals surface area contributed by atoms with Crippen LogP contribution in [0, 0.1) is 17.8 Å². The van der Waals surface area contributed by atoms with Crippen LogP contribution in [-0.2, 0) is 0 Å². The molecular formula is C12H27NO3. The van der Waals surface area contributed by atoms with Gasteiger partial charge in [0.05, 0.1) is 0 Å². The van der Waals surface area contributed by atoms with E-state index in [2.05, 4.69) is 0 Å². The number of hydrogen-bond acceptors (Lipinski definition) is 4. The van der Waals surface area contributed by atoms with Crippen molar-refractivity contribution in [2.45, 2.75) is 60.2 Å². The predicted octanol–water partition coefficient (Wildman–Crippen LogP) is 1.21. The second-order valence-corrected chi connectivity index (χ2v) is 5.42. The monoisotopic (exact) mass is 233 g/mol. The van der Waals surface area contributed by atoms with Crippen molar-refractivity contribution in [3.8, 4) is 0 Å². The zero-order chi connectivity index (χ0) is 13.0. The molecule has 0 saturated heterocycles. The van der Waals surface area contributed by atoms with Gasteiger partial charge in [-0.1, -0.05) is 41.5 Å². The molecule has 3 atom stereocenters. The minimum Gasteiger partial charge on any atom is -0.378 e. The lowest BCUT2D eigenvalue weighted by Gasteiger charge is -2.40. The van der Waals surface area contributed by atoms with Crippen LogP contribution in [0.5, 0.6) is 0 Å². The highest BCUT2D eigenvalue weighted by molar-refractivity contribution is 4.74. The van der Waals surface area contributed by atoms with Gasteiger partial charge in [0, 0.05) is 0 Å². The third kappa shape index (κ3) is 4.01. The van der Waals surface area contributed by atoms with E-state index >= 15 is 0 Å². The van der Waals surface area contributed by atoms with Crippen molar-refractivity contribution < 1.29 is 15.3 Å². The summed E-state index contributed by atoms with van der Waals surface area (Å²) in [6, 6.07) is 0. The van der Waals surface area contributed by atoms with Crippen LogP contribution in [0.15, 0.2) is 0 Å². The summed E-state index contributed by atoms with van der Waals surface area (Å²) in [5.74, 6) is -0.120. The molecular weight excluding hydrogens is 206 g/mol. The molecule has 4 nitrogen and oxygen atoms in total. The van der Waals surface area contributed by atoms with Crippen molar-refractivity contribution in [3.05, 3.63) is 0 Å². The molecule has 0 aliphatic heterocycles. The van der Waals surface area contributed by atoms with Crippen molar-refractivity contribution in [2.24, 2.45) is 17.8 Å². The van der Waals surface area contributed by atoms with Crippen LogP contribution in [-0.4, -0.2) is 38.9 Å². The summed E-state index contributed by atoms with van der Waals surface area (Å²) in [4.78, 5) is 1.39. The Morgan fingerprint density at radius 2 is 0.750 bits per heavy atom. The summed E-state index contributed by atoms with van der Waals surface area (Å²) in [6.07, 6.45) is -2.51. The number of aliphatic hydroxyl groups is 3. The molecule has 0 aliphatic rings. The highest BCUT2D eigenvalue weighted by Gasteiger charge is 2.34. The summed E-state index contributed by atoms with van der Waals surface area (Å²) in [5.41, 5.74) is 0. The van der Waals surface area contributed by atoms with Crippen LogP contribution in [0.3, 0.4) is 0 Å². The van der Waals surface area contributed by atoms with Gasteiger partial charge in [0.15, 0.2) is 0 Å². The lowest BCUT2D eigenvalue weighted by molar-refractivity contribution is -0.214. The van der Waals surface area contributed by atoms with E-state index in [4.69, 9.17) is 0 Å². The lowest BCUT2D eigenvalue weighted by atomic mass is 10.0. The van der Waals surface area contributed by atoms with Crippen molar-refractivity contribution in [1.82, 2.24) is 4.90 Å². The molecule has 0 bridgehead atoms. The molecule has 0 aromatic carbocycles. The van der Waals surface area contributed by atoms with E-state index in [9.17, 15) is 15.3 Å². The van der Waals surface area contributed by atoms with Gasteiger partial charge in [-0.3, -0.25) is 0 Å². The fraction of sp³-hybridized carbons (Fsp3) is 1.00.